The first-order valence-corrected chi connectivity index (χ1v) is 14.2. The monoisotopic (exact) mass is 521 g/mol. The van der Waals surface area contributed by atoms with Gasteiger partial charge in [0.25, 0.3) is 0 Å². The second-order valence-electron chi connectivity index (χ2n) is 8.64. The molecule has 0 aliphatic rings. The smallest absolute Gasteiger partial charge is 0.242 e. The zero-order valence-electron chi connectivity index (χ0n) is 21.0. The highest BCUT2D eigenvalue weighted by Crippen LogP contribution is 2.23. The topological polar surface area (TPSA) is 86.8 Å². The molecule has 9 heteroatoms. The lowest BCUT2D eigenvalue weighted by Crippen LogP contribution is -2.49. The molecule has 0 spiro atoms. The third-order valence-corrected chi connectivity index (χ3v) is 7.09. The number of carbonyl (C=O) groups excluding carboxylic acids is 2. The molecule has 0 aliphatic carbocycles. The molecule has 0 aromatic heterocycles. The summed E-state index contributed by atoms with van der Waals surface area (Å²) in [4.78, 5) is 27.8. The Labute approximate surface area is 214 Å². The number of sulfonamides is 1. The standard InChI is InChI=1S/C26H36ClN3O4S/c1-5-16-28-26(32)24(6-2)29(19-21-14-12-20(3)13-15-21)25(31)11-8-17-30(35(4,33)34)23-10-7-9-22(27)18-23/h7,9-10,12-15,18,24H,5-6,8,11,16-17,19H2,1-4H3,(H,28,32)/t24-/m1/s1. The first-order chi connectivity index (χ1) is 16.6. The number of benzene rings is 2. The van der Waals surface area contributed by atoms with E-state index < -0.39 is 16.1 Å². The Kier molecular flexibility index (Phi) is 11.0. The van der Waals surface area contributed by atoms with E-state index in [9.17, 15) is 18.0 Å². The van der Waals surface area contributed by atoms with Gasteiger partial charge >= 0.3 is 0 Å². The number of amides is 2. The minimum Gasteiger partial charge on any atom is -0.354 e. The number of anilines is 1. The van der Waals surface area contributed by atoms with Gasteiger partial charge in [0.1, 0.15) is 6.04 Å². The molecule has 2 aromatic rings. The average molecular weight is 522 g/mol. The predicted molar refractivity (Wildman–Crippen MR) is 142 cm³/mol. The first kappa shape index (κ1) is 28.7. The normalized spacial score (nSPS) is 12.1. The molecular formula is C26H36ClN3O4S. The van der Waals surface area contributed by atoms with Gasteiger partial charge in [-0.2, -0.15) is 0 Å². The number of hydrogen-bond acceptors (Lipinski definition) is 4. The second-order valence-corrected chi connectivity index (χ2v) is 11.0. The van der Waals surface area contributed by atoms with Gasteiger partial charge in [-0.25, -0.2) is 8.42 Å². The summed E-state index contributed by atoms with van der Waals surface area (Å²) in [6, 6.07) is 13.9. The molecule has 0 radical (unpaired) electrons. The van der Waals surface area contributed by atoms with Crippen molar-refractivity contribution in [3.63, 3.8) is 0 Å². The van der Waals surface area contributed by atoms with E-state index in [4.69, 9.17) is 11.6 Å². The van der Waals surface area contributed by atoms with Crippen LogP contribution >= 0.6 is 11.6 Å². The Hall–Kier alpha value is -2.58. The lowest BCUT2D eigenvalue weighted by atomic mass is 10.1. The summed E-state index contributed by atoms with van der Waals surface area (Å²) in [5.74, 6) is -0.366. The molecule has 0 aliphatic heterocycles. The fraction of sp³-hybridized carbons (Fsp3) is 0.462. The minimum absolute atomic E-state index is 0.107. The lowest BCUT2D eigenvalue weighted by Gasteiger charge is -2.31. The highest BCUT2D eigenvalue weighted by Gasteiger charge is 2.28. The number of rotatable bonds is 13. The lowest BCUT2D eigenvalue weighted by molar-refractivity contribution is -0.141. The summed E-state index contributed by atoms with van der Waals surface area (Å²) in [5, 5.41) is 3.33. The van der Waals surface area contributed by atoms with Crippen LogP contribution < -0.4 is 9.62 Å². The van der Waals surface area contributed by atoms with Gasteiger partial charge < -0.3 is 10.2 Å². The molecule has 2 rings (SSSR count). The molecule has 0 bridgehead atoms. The van der Waals surface area contributed by atoms with Crippen molar-refractivity contribution < 1.29 is 18.0 Å². The SMILES string of the molecule is CCCNC(=O)[C@@H](CC)N(Cc1ccc(C)cc1)C(=O)CCCN(c1cccc(Cl)c1)S(C)(=O)=O. The Morgan fingerprint density at radius 3 is 2.34 bits per heavy atom. The van der Waals surface area contributed by atoms with Crippen LogP contribution in [0, 0.1) is 6.92 Å². The summed E-state index contributed by atoms with van der Waals surface area (Å²) in [6.07, 6.45) is 2.82. The summed E-state index contributed by atoms with van der Waals surface area (Å²) < 4.78 is 26.1. The first-order valence-electron chi connectivity index (χ1n) is 11.9. The molecule has 1 N–H and O–H groups in total. The van der Waals surface area contributed by atoms with E-state index in [1.54, 1.807) is 29.2 Å². The van der Waals surface area contributed by atoms with Crippen LogP contribution in [-0.4, -0.2) is 50.5 Å². The van der Waals surface area contributed by atoms with Crippen molar-refractivity contribution >= 4 is 39.1 Å². The maximum Gasteiger partial charge on any atom is 0.242 e. The van der Waals surface area contributed by atoms with E-state index in [2.05, 4.69) is 5.32 Å². The molecule has 192 valence electrons. The van der Waals surface area contributed by atoms with Crippen molar-refractivity contribution in [2.24, 2.45) is 0 Å². The van der Waals surface area contributed by atoms with Crippen LogP contribution in [0.3, 0.4) is 0 Å². The Balaban J connectivity index is 2.19. The molecule has 7 nitrogen and oxygen atoms in total. The third-order valence-electron chi connectivity index (χ3n) is 5.66. The number of nitrogens with one attached hydrogen (secondary N) is 1. The van der Waals surface area contributed by atoms with Crippen LogP contribution in [-0.2, 0) is 26.2 Å². The zero-order valence-corrected chi connectivity index (χ0v) is 22.5. The van der Waals surface area contributed by atoms with E-state index in [-0.39, 0.29) is 24.8 Å². The molecule has 2 aromatic carbocycles. The molecular weight excluding hydrogens is 486 g/mol. The molecule has 0 saturated carbocycles. The largest absolute Gasteiger partial charge is 0.354 e. The number of carbonyl (C=O) groups is 2. The summed E-state index contributed by atoms with van der Waals surface area (Å²) in [5.41, 5.74) is 2.50. The van der Waals surface area contributed by atoms with Crippen LogP contribution in [0.15, 0.2) is 48.5 Å². The molecule has 0 fully saturated rings. The van der Waals surface area contributed by atoms with Crippen LogP contribution in [0.4, 0.5) is 5.69 Å². The van der Waals surface area contributed by atoms with Gasteiger partial charge in [-0.05, 0) is 49.9 Å². The van der Waals surface area contributed by atoms with E-state index in [0.717, 1.165) is 23.8 Å². The summed E-state index contributed by atoms with van der Waals surface area (Å²) in [7, 11) is -3.56. The Morgan fingerprint density at radius 1 is 1.09 bits per heavy atom. The van der Waals surface area contributed by atoms with Crippen LogP contribution in [0.2, 0.25) is 5.02 Å². The van der Waals surface area contributed by atoms with Crippen molar-refractivity contribution in [1.29, 1.82) is 0 Å². The van der Waals surface area contributed by atoms with Crippen molar-refractivity contribution in [1.82, 2.24) is 10.2 Å². The maximum absolute atomic E-state index is 13.4. The van der Waals surface area contributed by atoms with E-state index >= 15 is 0 Å². The Bertz CT molecular complexity index is 1090. The van der Waals surface area contributed by atoms with Gasteiger partial charge in [-0.15, -0.1) is 0 Å². The van der Waals surface area contributed by atoms with Crippen molar-refractivity contribution in [3.05, 3.63) is 64.7 Å². The quantitative estimate of drug-likeness (QED) is 0.419. The van der Waals surface area contributed by atoms with Gasteiger partial charge in [0.2, 0.25) is 21.8 Å². The molecule has 0 heterocycles. The molecule has 0 saturated heterocycles. The van der Waals surface area contributed by atoms with Gasteiger partial charge in [0, 0.05) is 31.1 Å². The minimum atomic E-state index is -3.56. The molecule has 35 heavy (non-hydrogen) atoms. The van der Waals surface area contributed by atoms with Gasteiger partial charge in [-0.1, -0.05) is 61.3 Å². The predicted octanol–water partition coefficient (Wildman–Crippen LogP) is 4.53. The average Bonchev–Trinajstić information content (AvgIpc) is 2.80. The summed E-state index contributed by atoms with van der Waals surface area (Å²) in [6.45, 7) is 6.83. The number of hydrogen-bond donors (Lipinski definition) is 1. The van der Waals surface area contributed by atoms with Gasteiger partial charge in [0.05, 0.1) is 11.9 Å². The van der Waals surface area contributed by atoms with Crippen LogP contribution in [0.5, 0.6) is 0 Å². The highest BCUT2D eigenvalue weighted by atomic mass is 35.5. The van der Waals surface area contributed by atoms with Crippen molar-refractivity contribution in [2.75, 3.05) is 23.7 Å². The number of aryl methyl sites for hydroxylation is 1. The summed E-state index contributed by atoms with van der Waals surface area (Å²) >= 11 is 6.05. The van der Waals surface area contributed by atoms with E-state index in [1.807, 2.05) is 45.0 Å². The Morgan fingerprint density at radius 2 is 1.77 bits per heavy atom. The van der Waals surface area contributed by atoms with Crippen molar-refractivity contribution in [3.8, 4) is 0 Å². The van der Waals surface area contributed by atoms with Crippen LogP contribution in [0.25, 0.3) is 0 Å². The number of halogens is 1. The van der Waals surface area contributed by atoms with Crippen LogP contribution in [0.1, 0.15) is 50.7 Å². The fourth-order valence-electron chi connectivity index (χ4n) is 3.81. The third kappa shape index (κ3) is 8.85. The van der Waals surface area contributed by atoms with E-state index in [0.29, 0.717) is 36.6 Å². The fourth-order valence-corrected chi connectivity index (χ4v) is 4.95. The van der Waals surface area contributed by atoms with E-state index in [1.165, 1.54) is 4.31 Å². The van der Waals surface area contributed by atoms with Crippen molar-refractivity contribution in [2.45, 2.75) is 59.0 Å². The molecule has 1 atom stereocenters. The van der Waals surface area contributed by atoms with Gasteiger partial charge in [0.15, 0.2) is 0 Å². The molecule has 2 amide bonds. The number of nitrogens with zero attached hydrogens (tertiary/aromatic N) is 2. The molecule has 0 unspecified atom stereocenters. The van der Waals surface area contributed by atoms with Gasteiger partial charge in [-0.3, -0.25) is 13.9 Å². The zero-order chi connectivity index (χ0) is 26.0. The maximum atomic E-state index is 13.4. The highest BCUT2D eigenvalue weighted by molar-refractivity contribution is 7.92. The second kappa shape index (κ2) is 13.5.